The van der Waals surface area contributed by atoms with E-state index in [0.29, 0.717) is 12.0 Å². The van der Waals surface area contributed by atoms with Crippen LogP contribution in [0.15, 0.2) is 71.6 Å². The highest BCUT2D eigenvalue weighted by Gasteiger charge is 2.18. The average molecular weight is 375 g/mol. The van der Waals surface area contributed by atoms with Crippen LogP contribution in [0.5, 0.6) is 5.75 Å². The molecule has 2 aromatic carbocycles. The number of hydrogen-bond donors (Lipinski definition) is 2. The van der Waals surface area contributed by atoms with Gasteiger partial charge in [-0.3, -0.25) is 4.79 Å². The Morgan fingerprint density at radius 2 is 2.11 bits per heavy atom. The van der Waals surface area contributed by atoms with Gasteiger partial charge in [0.15, 0.2) is 0 Å². The quantitative estimate of drug-likeness (QED) is 0.515. The van der Waals surface area contributed by atoms with E-state index < -0.39 is 0 Å². The van der Waals surface area contributed by atoms with Crippen molar-refractivity contribution in [2.45, 2.75) is 18.9 Å². The van der Waals surface area contributed by atoms with E-state index in [1.54, 1.807) is 25.8 Å². The molecule has 0 saturated carbocycles. The third kappa shape index (κ3) is 3.91. The van der Waals surface area contributed by atoms with Gasteiger partial charge < -0.3 is 19.5 Å². The number of amides is 1. The number of fused-ring (bicyclic) bond motifs is 1. The van der Waals surface area contributed by atoms with Crippen LogP contribution in [0.2, 0.25) is 0 Å². The number of benzene rings is 2. The molecule has 2 N–H and O–H groups in total. The van der Waals surface area contributed by atoms with Crippen molar-refractivity contribution in [3.8, 4) is 5.75 Å². The predicted octanol–water partition coefficient (Wildman–Crippen LogP) is 3.81. The molecule has 1 atom stereocenters. The Kier molecular flexibility index (Phi) is 5.10. The lowest BCUT2D eigenvalue weighted by Crippen LogP contribution is -2.31. The van der Waals surface area contributed by atoms with E-state index in [4.69, 9.17) is 9.15 Å². The van der Waals surface area contributed by atoms with Crippen LogP contribution in [0.3, 0.4) is 0 Å². The molecule has 0 fully saturated rings. The number of nitrogens with zero attached hydrogens (tertiary/aromatic N) is 1. The van der Waals surface area contributed by atoms with Crippen LogP contribution in [0, 0.1) is 0 Å². The highest BCUT2D eigenvalue weighted by atomic mass is 16.5. The first-order valence-electron chi connectivity index (χ1n) is 9.09. The maximum Gasteiger partial charge on any atom is 0.225 e. The van der Waals surface area contributed by atoms with E-state index in [0.717, 1.165) is 28.1 Å². The van der Waals surface area contributed by atoms with Gasteiger partial charge >= 0.3 is 0 Å². The highest BCUT2D eigenvalue weighted by molar-refractivity contribution is 5.88. The van der Waals surface area contributed by atoms with E-state index in [9.17, 15) is 4.79 Å². The summed E-state index contributed by atoms with van der Waals surface area (Å²) >= 11 is 0. The van der Waals surface area contributed by atoms with Crippen molar-refractivity contribution < 1.29 is 13.9 Å². The standard InChI is InChI=1S/C22H21N3O3/c1-27-17-7-8-18-16(14-28-20(18)12-17)11-22(26)25-19(13-21-23-9-10-24-21)15-5-3-2-4-6-15/h2-10,12,14,19H,11,13H2,1H3,(H,23,24)(H,25,26). The van der Waals surface area contributed by atoms with Gasteiger partial charge in [-0.2, -0.15) is 0 Å². The maximum absolute atomic E-state index is 12.8. The molecule has 1 amide bonds. The summed E-state index contributed by atoms with van der Waals surface area (Å²) in [6.45, 7) is 0. The van der Waals surface area contributed by atoms with E-state index in [1.165, 1.54) is 0 Å². The lowest BCUT2D eigenvalue weighted by molar-refractivity contribution is -0.121. The van der Waals surface area contributed by atoms with Crippen molar-refractivity contribution in [1.29, 1.82) is 0 Å². The van der Waals surface area contributed by atoms with Gasteiger partial charge in [-0.05, 0) is 17.7 Å². The number of carbonyl (C=O) groups is 1. The molecule has 6 heteroatoms. The second-order valence-corrected chi connectivity index (χ2v) is 6.57. The van der Waals surface area contributed by atoms with E-state index in [2.05, 4.69) is 15.3 Å². The van der Waals surface area contributed by atoms with Gasteiger partial charge in [0.05, 0.1) is 25.8 Å². The average Bonchev–Trinajstić information content (AvgIpc) is 3.38. The molecule has 0 bridgehead atoms. The third-order valence-electron chi connectivity index (χ3n) is 4.70. The first-order valence-corrected chi connectivity index (χ1v) is 9.09. The van der Waals surface area contributed by atoms with Gasteiger partial charge in [0, 0.05) is 35.8 Å². The zero-order chi connectivity index (χ0) is 19.3. The second kappa shape index (κ2) is 8.00. The van der Waals surface area contributed by atoms with E-state index in [1.807, 2.05) is 48.5 Å². The minimum Gasteiger partial charge on any atom is -0.497 e. The number of nitrogens with one attached hydrogen (secondary N) is 2. The van der Waals surface area contributed by atoms with Crippen molar-refractivity contribution in [2.75, 3.05) is 7.11 Å². The fourth-order valence-electron chi connectivity index (χ4n) is 3.29. The zero-order valence-electron chi connectivity index (χ0n) is 15.5. The van der Waals surface area contributed by atoms with Crippen molar-refractivity contribution in [3.05, 3.63) is 84.1 Å². The van der Waals surface area contributed by atoms with E-state index >= 15 is 0 Å². The second-order valence-electron chi connectivity index (χ2n) is 6.57. The number of H-pyrrole nitrogens is 1. The molecule has 0 aliphatic heterocycles. The third-order valence-corrected chi connectivity index (χ3v) is 4.70. The molecule has 0 saturated heterocycles. The lowest BCUT2D eigenvalue weighted by Gasteiger charge is -2.18. The van der Waals surface area contributed by atoms with Crippen LogP contribution >= 0.6 is 0 Å². The summed E-state index contributed by atoms with van der Waals surface area (Å²) in [5.41, 5.74) is 2.59. The first kappa shape index (κ1) is 17.9. The van der Waals surface area contributed by atoms with Crippen molar-refractivity contribution in [1.82, 2.24) is 15.3 Å². The number of rotatable bonds is 7. The number of carbonyl (C=O) groups excluding carboxylic acids is 1. The van der Waals surface area contributed by atoms with Crippen LogP contribution in [0.1, 0.15) is 23.0 Å². The molecule has 142 valence electrons. The molecule has 1 unspecified atom stereocenters. The number of methoxy groups -OCH3 is 1. The maximum atomic E-state index is 12.8. The molecule has 2 aromatic heterocycles. The molecule has 0 radical (unpaired) electrons. The van der Waals surface area contributed by atoms with Crippen molar-refractivity contribution >= 4 is 16.9 Å². The predicted molar refractivity (Wildman–Crippen MR) is 106 cm³/mol. The van der Waals surface area contributed by atoms with Crippen LogP contribution in [-0.2, 0) is 17.6 Å². The molecule has 0 aliphatic rings. The van der Waals surface area contributed by atoms with Gasteiger partial charge in [0.1, 0.15) is 17.2 Å². The topological polar surface area (TPSA) is 80.1 Å². The normalized spacial score (nSPS) is 12.0. The first-order chi connectivity index (χ1) is 13.7. The number of ether oxygens (including phenoxy) is 1. The fourth-order valence-corrected chi connectivity index (χ4v) is 3.29. The SMILES string of the molecule is COc1ccc2c(CC(=O)NC(Cc3ncc[nH]3)c3ccccc3)coc2c1. The minimum absolute atomic E-state index is 0.0704. The smallest absolute Gasteiger partial charge is 0.225 e. The van der Waals surface area contributed by atoms with Crippen LogP contribution in [0.4, 0.5) is 0 Å². The van der Waals surface area contributed by atoms with Crippen LogP contribution in [-0.4, -0.2) is 23.0 Å². The monoisotopic (exact) mass is 375 g/mol. The summed E-state index contributed by atoms with van der Waals surface area (Å²) in [5, 5.41) is 4.05. The summed E-state index contributed by atoms with van der Waals surface area (Å²) < 4.78 is 10.8. The Morgan fingerprint density at radius 3 is 2.86 bits per heavy atom. The number of hydrogen-bond acceptors (Lipinski definition) is 4. The Bertz CT molecular complexity index is 1060. The minimum atomic E-state index is -0.168. The number of furan rings is 1. The lowest BCUT2D eigenvalue weighted by atomic mass is 10.0. The molecule has 4 rings (SSSR count). The Balaban J connectivity index is 1.51. The van der Waals surface area contributed by atoms with Gasteiger partial charge in [-0.1, -0.05) is 30.3 Å². The Morgan fingerprint density at radius 1 is 1.25 bits per heavy atom. The number of aromatic amines is 1. The molecule has 2 heterocycles. The van der Waals surface area contributed by atoms with Crippen LogP contribution in [0.25, 0.3) is 11.0 Å². The largest absolute Gasteiger partial charge is 0.497 e. The number of imidazole rings is 1. The molecule has 0 spiro atoms. The fraction of sp³-hybridized carbons (Fsp3) is 0.182. The highest BCUT2D eigenvalue weighted by Crippen LogP contribution is 2.26. The van der Waals surface area contributed by atoms with Gasteiger partial charge in [0.2, 0.25) is 5.91 Å². The van der Waals surface area contributed by atoms with E-state index in [-0.39, 0.29) is 18.4 Å². The number of aromatic nitrogens is 2. The van der Waals surface area contributed by atoms with Gasteiger partial charge in [-0.25, -0.2) is 4.98 Å². The van der Waals surface area contributed by atoms with Crippen LogP contribution < -0.4 is 10.1 Å². The molecule has 0 aliphatic carbocycles. The summed E-state index contributed by atoms with van der Waals surface area (Å²) in [6.07, 6.45) is 5.96. The van der Waals surface area contributed by atoms with Gasteiger partial charge in [-0.15, -0.1) is 0 Å². The van der Waals surface area contributed by atoms with Gasteiger partial charge in [0.25, 0.3) is 0 Å². The summed E-state index contributed by atoms with van der Waals surface area (Å²) in [4.78, 5) is 20.2. The van der Waals surface area contributed by atoms with Crippen molar-refractivity contribution in [3.63, 3.8) is 0 Å². The van der Waals surface area contributed by atoms with Crippen molar-refractivity contribution in [2.24, 2.45) is 0 Å². The molecule has 6 nitrogen and oxygen atoms in total. The molecule has 28 heavy (non-hydrogen) atoms. The summed E-state index contributed by atoms with van der Waals surface area (Å²) in [6, 6.07) is 15.3. The summed E-state index contributed by atoms with van der Waals surface area (Å²) in [7, 11) is 1.61. The Labute approximate surface area is 162 Å². The summed E-state index contributed by atoms with van der Waals surface area (Å²) in [5.74, 6) is 1.48. The molecule has 4 aromatic rings. The molecular formula is C22H21N3O3. The Hall–Kier alpha value is -3.54. The molecular weight excluding hydrogens is 354 g/mol. The zero-order valence-corrected chi connectivity index (χ0v) is 15.5.